The fourth-order valence-electron chi connectivity index (χ4n) is 5.57. The van der Waals surface area contributed by atoms with Crippen molar-refractivity contribution >= 4 is 11.6 Å². The third-order valence-electron chi connectivity index (χ3n) is 7.43. The second-order valence-corrected chi connectivity index (χ2v) is 9.28. The number of carbonyl (C=O) groups is 1. The summed E-state index contributed by atoms with van der Waals surface area (Å²) in [6, 6.07) is 15.7. The lowest BCUT2D eigenvalue weighted by atomic mass is 9.98. The van der Waals surface area contributed by atoms with E-state index in [4.69, 9.17) is 4.74 Å². The molecule has 0 spiro atoms. The van der Waals surface area contributed by atoms with Crippen LogP contribution in [0.25, 0.3) is 0 Å². The standard InChI is InChI=1S/C26H33N3O2/c1-19-4-3-13-29(19)24-12-15-27(18-24)23-8-5-22-17-28(14-11-21(22)16-23)26(30)20-6-9-25(31-2)10-7-20/h5-10,16,19,24H,3-4,11-15,17-18H2,1-2H3/t19-,24-/m0/s1. The van der Waals surface area contributed by atoms with Crippen LogP contribution in [0.1, 0.15) is 47.7 Å². The number of nitrogens with zero attached hydrogens (tertiary/aromatic N) is 3. The largest absolute Gasteiger partial charge is 0.497 e. The summed E-state index contributed by atoms with van der Waals surface area (Å²) in [7, 11) is 1.64. The number of fused-ring (bicyclic) bond motifs is 1. The molecule has 2 saturated heterocycles. The summed E-state index contributed by atoms with van der Waals surface area (Å²) in [5.41, 5.74) is 4.75. The number of ether oxygens (including phenoxy) is 1. The monoisotopic (exact) mass is 419 g/mol. The first-order chi connectivity index (χ1) is 15.1. The first-order valence-corrected chi connectivity index (χ1v) is 11.7. The molecule has 0 N–H and O–H groups in total. The molecular weight excluding hydrogens is 386 g/mol. The minimum absolute atomic E-state index is 0.0968. The maximum atomic E-state index is 12.9. The molecule has 0 aromatic heterocycles. The average molecular weight is 420 g/mol. The van der Waals surface area contributed by atoms with Gasteiger partial charge in [0.2, 0.25) is 0 Å². The van der Waals surface area contributed by atoms with Gasteiger partial charge in [0, 0.05) is 49.5 Å². The molecule has 5 heteroatoms. The smallest absolute Gasteiger partial charge is 0.254 e. The van der Waals surface area contributed by atoms with Crippen LogP contribution in [0.4, 0.5) is 5.69 Å². The number of anilines is 1. The van der Waals surface area contributed by atoms with Crippen molar-refractivity contribution in [1.82, 2.24) is 9.80 Å². The Kier molecular flexibility index (Phi) is 5.61. The molecule has 0 radical (unpaired) electrons. The average Bonchev–Trinajstić information content (AvgIpc) is 3.47. The zero-order valence-electron chi connectivity index (χ0n) is 18.7. The first-order valence-electron chi connectivity index (χ1n) is 11.7. The van der Waals surface area contributed by atoms with Crippen molar-refractivity contribution in [3.8, 4) is 5.75 Å². The molecule has 2 aromatic carbocycles. The number of likely N-dealkylation sites (tertiary alicyclic amines) is 1. The summed E-state index contributed by atoms with van der Waals surface area (Å²) in [4.78, 5) is 20.2. The molecule has 3 aliphatic rings. The Morgan fingerprint density at radius 2 is 1.84 bits per heavy atom. The van der Waals surface area contributed by atoms with Gasteiger partial charge in [-0.2, -0.15) is 0 Å². The second kappa shape index (κ2) is 8.54. The maximum Gasteiger partial charge on any atom is 0.254 e. The van der Waals surface area contributed by atoms with E-state index < -0.39 is 0 Å². The van der Waals surface area contributed by atoms with Crippen LogP contribution in [-0.4, -0.2) is 61.1 Å². The quantitative estimate of drug-likeness (QED) is 0.752. The van der Waals surface area contributed by atoms with Crippen LogP contribution in [0, 0.1) is 0 Å². The third kappa shape index (κ3) is 4.03. The van der Waals surface area contributed by atoms with Crippen LogP contribution in [-0.2, 0) is 13.0 Å². The molecule has 2 atom stereocenters. The molecular formula is C26H33N3O2. The highest BCUT2D eigenvalue weighted by atomic mass is 16.5. The van der Waals surface area contributed by atoms with Crippen molar-refractivity contribution in [2.45, 2.75) is 51.2 Å². The van der Waals surface area contributed by atoms with E-state index in [2.05, 4.69) is 34.9 Å². The molecule has 2 fully saturated rings. The van der Waals surface area contributed by atoms with Gasteiger partial charge < -0.3 is 14.5 Å². The van der Waals surface area contributed by atoms with Gasteiger partial charge in [0.15, 0.2) is 0 Å². The van der Waals surface area contributed by atoms with E-state index in [1.54, 1.807) is 7.11 Å². The van der Waals surface area contributed by atoms with Gasteiger partial charge in [-0.15, -0.1) is 0 Å². The van der Waals surface area contributed by atoms with Gasteiger partial charge in [-0.05, 0) is 86.7 Å². The molecule has 0 unspecified atom stereocenters. The molecule has 3 aliphatic heterocycles. The SMILES string of the molecule is COc1ccc(C(=O)N2CCc3cc(N4CC[C@H](N5CCC[C@@H]5C)C4)ccc3C2)cc1. The summed E-state index contributed by atoms with van der Waals surface area (Å²) in [6.07, 6.45) is 4.89. The Morgan fingerprint density at radius 1 is 1.00 bits per heavy atom. The summed E-state index contributed by atoms with van der Waals surface area (Å²) < 4.78 is 5.20. The molecule has 2 aromatic rings. The molecule has 1 amide bonds. The number of carbonyl (C=O) groups excluding carboxylic acids is 1. The summed E-state index contributed by atoms with van der Waals surface area (Å²) in [5.74, 6) is 0.871. The fourth-order valence-corrected chi connectivity index (χ4v) is 5.57. The predicted molar refractivity (Wildman–Crippen MR) is 124 cm³/mol. The number of benzene rings is 2. The second-order valence-electron chi connectivity index (χ2n) is 9.28. The van der Waals surface area contributed by atoms with Crippen molar-refractivity contribution in [2.24, 2.45) is 0 Å². The van der Waals surface area contributed by atoms with Gasteiger partial charge in [0.1, 0.15) is 5.75 Å². The van der Waals surface area contributed by atoms with Crippen LogP contribution >= 0.6 is 0 Å². The zero-order chi connectivity index (χ0) is 21.4. The molecule has 0 saturated carbocycles. The minimum atomic E-state index is 0.0968. The molecule has 0 bridgehead atoms. The Morgan fingerprint density at radius 3 is 2.58 bits per heavy atom. The van der Waals surface area contributed by atoms with E-state index >= 15 is 0 Å². The van der Waals surface area contributed by atoms with E-state index in [0.717, 1.165) is 43.4 Å². The molecule has 5 rings (SSSR count). The normalized spacial score (nSPS) is 23.8. The lowest BCUT2D eigenvalue weighted by Gasteiger charge is -2.31. The van der Waals surface area contributed by atoms with E-state index in [9.17, 15) is 4.79 Å². The third-order valence-corrected chi connectivity index (χ3v) is 7.43. The fraction of sp³-hybridized carbons (Fsp3) is 0.500. The van der Waals surface area contributed by atoms with Crippen molar-refractivity contribution in [1.29, 1.82) is 0 Å². The Balaban J connectivity index is 1.25. The maximum absolute atomic E-state index is 12.9. The van der Waals surface area contributed by atoms with Gasteiger partial charge in [-0.3, -0.25) is 9.69 Å². The van der Waals surface area contributed by atoms with Crippen molar-refractivity contribution in [3.05, 3.63) is 59.2 Å². The van der Waals surface area contributed by atoms with E-state index in [-0.39, 0.29) is 5.91 Å². The van der Waals surface area contributed by atoms with Crippen LogP contribution < -0.4 is 9.64 Å². The van der Waals surface area contributed by atoms with Gasteiger partial charge in [0.25, 0.3) is 5.91 Å². The van der Waals surface area contributed by atoms with Crippen molar-refractivity contribution in [3.63, 3.8) is 0 Å². The van der Waals surface area contributed by atoms with Gasteiger partial charge in [0.05, 0.1) is 7.11 Å². The van der Waals surface area contributed by atoms with Crippen LogP contribution in [0.3, 0.4) is 0 Å². The zero-order valence-corrected chi connectivity index (χ0v) is 18.7. The molecule has 0 aliphatic carbocycles. The van der Waals surface area contributed by atoms with Crippen LogP contribution in [0.15, 0.2) is 42.5 Å². The summed E-state index contributed by atoms with van der Waals surface area (Å²) in [6.45, 7) is 7.40. The molecule has 31 heavy (non-hydrogen) atoms. The Labute approximate surface area is 185 Å². The number of rotatable bonds is 4. The number of methoxy groups -OCH3 is 1. The Bertz CT molecular complexity index is 942. The van der Waals surface area contributed by atoms with E-state index in [1.807, 2.05) is 29.2 Å². The number of hydrogen-bond donors (Lipinski definition) is 0. The van der Waals surface area contributed by atoms with Gasteiger partial charge in [-0.1, -0.05) is 6.07 Å². The van der Waals surface area contributed by atoms with Crippen molar-refractivity contribution < 1.29 is 9.53 Å². The van der Waals surface area contributed by atoms with Crippen molar-refractivity contribution in [2.75, 3.05) is 38.2 Å². The predicted octanol–water partition coefficient (Wildman–Crippen LogP) is 3.96. The minimum Gasteiger partial charge on any atom is -0.497 e. The van der Waals surface area contributed by atoms with E-state index in [0.29, 0.717) is 12.6 Å². The van der Waals surface area contributed by atoms with Gasteiger partial charge in [-0.25, -0.2) is 0 Å². The number of amides is 1. The number of hydrogen-bond acceptors (Lipinski definition) is 4. The topological polar surface area (TPSA) is 36.0 Å². The first kappa shape index (κ1) is 20.4. The lowest BCUT2D eigenvalue weighted by Crippen LogP contribution is -2.39. The highest BCUT2D eigenvalue weighted by Crippen LogP contribution is 2.31. The van der Waals surface area contributed by atoms with E-state index in [1.165, 1.54) is 42.6 Å². The highest BCUT2D eigenvalue weighted by molar-refractivity contribution is 5.94. The Hall–Kier alpha value is -2.53. The molecule has 3 heterocycles. The van der Waals surface area contributed by atoms with Crippen LogP contribution in [0.2, 0.25) is 0 Å². The molecule has 164 valence electrons. The molecule has 5 nitrogen and oxygen atoms in total. The van der Waals surface area contributed by atoms with Gasteiger partial charge >= 0.3 is 0 Å². The lowest BCUT2D eigenvalue weighted by molar-refractivity contribution is 0.0734. The summed E-state index contributed by atoms with van der Waals surface area (Å²) >= 11 is 0. The van der Waals surface area contributed by atoms with Crippen LogP contribution in [0.5, 0.6) is 5.75 Å². The summed E-state index contributed by atoms with van der Waals surface area (Å²) in [5, 5.41) is 0. The highest BCUT2D eigenvalue weighted by Gasteiger charge is 2.33.